The van der Waals surface area contributed by atoms with Gasteiger partial charge >= 0.3 is 5.97 Å². The van der Waals surface area contributed by atoms with Crippen LogP contribution in [0.25, 0.3) is 16.9 Å². The number of nitrogens with zero attached hydrogens (tertiary/aromatic N) is 2. The van der Waals surface area contributed by atoms with E-state index in [9.17, 15) is 4.79 Å². The predicted molar refractivity (Wildman–Crippen MR) is 88.2 cm³/mol. The van der Waals surface area contributed by atoms with Gasteiger partial charge in [0.25, 0.3) is 0 Å². The molecule has 8 heteroatoms. The molecular formula is C15H16ClN5O2. The molecule has 1 aromatic carbocycles. The van der Waals surface area contributed by atoms with E-state index in [-0.39, 0.29) is 18.1 Å². The molecule has 3 rings (SSSR count). The minimum atomic E-state index is -0.538. The first-order valence-electron chi connectivity index (χ1n) is 7.07. The van der Waals surface area contributed by atoms with E-state index in [2.05, 4.69) is 16.0 Å². The largest absolute Gasteiger partial charge is 0.461 e. The summed E-state index contributed by atoms with van der Waals surface area (Å²) < 4.78 is 6.45. The van der Waals surface area contributed by atoms with Crippen LogP contribution in [0.1, 0.15) is 12.6 Å². The molecule has 0 fully saturated rings. The third-order valence-electron chi connectivity index (χ3n) is 3.46. The van der Waals surface area contributed by atoms with Gasteiger partial charge < -0.3 is 10.5 Å². The van der Waals surface area contributed by atoms with Gasteiger partial charge in [0.1, 0.15) is 0 Å². The molecule has 0 aliphatic carbocycles. The first kappa shape index (κ1) is 15.2. The zero-order valence-corrected chi connectivity index (χ0v) is 13.4. The highest BCUT2D eigenvalue weighted by molar-refractivity contribution is 6.30. The number of carbonyl (C=O) groups excluding carboxylic acids is 1. The number of hydrazine groups is 1. The van der Waals surface area contributed by atoms with Crippen LogP contribution in [0.2, 0.25) is 5.02 Å². The Morgan fingerprint density at radius 2 is 2.04 bits per heavy atom. The molecule has 120 valence electrons. The fourth-order valence-electron chi connectivity index (χ4n) is 2.43. The number of nitrogens with one attached hydrogen (secondary N) is 2. The first-order chi connectivity index (χ1) is 11.0. The van der Waals surface area contributed by atoms with Crippen molar-refractivity contribution in [2.75, 3.05) is 12.0 Å². The highest BCUT2D eigenvalue weighted by Crippen LogP contribution is 2.34. The Morgan fingerprint density at radius 3 is 2.70 bits per heavy atom. The van der Waals surface area contributed by atoms with E-state index in [1.165, 1.54) is 4.68 Å². The van der Waals surface area contributed by atoms with Crippen molar-refractivity contribution in [3.63, 3.8) is 0 Å². The first-order valence-corrected chi connectivity index (χ1v) is 7.45. The van der Waals surface area contributed by atoms with Gasteiger partial charge in [-0.25, -0.2) is 4.79 Å². The Labute approximate surface area is 138 Å². The molecule has 0 saturated carbocycles. The number of aromatic nitrogens is 2. The molecule has 0 bridgehead atoms. The van der Waals surface area contributed by atoms with E-state index in [4.69, 9.17) is 22.1 Å². The fourth-order valence-corrected chi connectivity index (χ4v) is 2.56. The Bertz CT molecular complexity index is 795. The smallest absolute Gasteiger partial charge is 0.360 e. The molecule has 7 nitrogen and oxygen atoms in total. The summed E-state index contributed by atoms with van der Waals surface area (Å²) in [5, 5.41) is 5.07. The van der Waals surface area contributed by atoms with Gasteiger partial charge in [0.05, 0.1) is 12.3 Å². The van der Waals surface area contributed by atoms with Crippen LogP contribution in [0.5, 0.6) is 0 Å². The van der Waals surface area contributed by atoms with E-state index in [0.717, 1.165) is 16.8 Å². The van der Waals surface area contributed by atoms with Crippen LogP contribution in [0.3, 0.4) is 0 Å². The third kappa shape index (κ3) is 2.59. The number of halogens is 1. The normalized spacial score (nSPS) is 13.2. The summed E-state index contributed by atoms with van der Waals surface area (Å²) in [5.74, 6) is 0.292. The highest BCUT2D eigenvalue weighted by Gasteiger charge is 2.27. The number of carbonyl (C=O) groups is 1. The van der Waals surface area contributed by atoms with Crippen molar-refractivity contribution in [3.8, 4) is 11.1 Å². The monoisotopic (exact) mass is 333 g/mol. The Morgan fingerprint density at radius 1 is 1.35 bits per heavy atom. The van der Waals surface area contributed by atoms with Crippen molar-refractivity contribution in [2.24, 2.45) is 5.73 Å². The molecule has 0 spiro atoms. The van der Waals surface area contributed by atoms with E-state index >= 15 is 0 Å². The number of rotatable bonds is 3. The predicted octanol–water partition coefficient (Wildman–Crippen LogP) is 2.09. The van der Waals surface area contributed by atoms with Gasteiger partial charge in [0, 0.05) is 10.6 Å². The summed E-state index contributed by atoms with van der Waals surface area (Å²) in [6, 6.07) is 7.41. The lowest BCUT2D eigenvalue weighted by molar-refractivity contribution is -0.138. The number of hydrogen-bond acceptors (Lipinski definition) is 6. The molecule has 0 radical (unpaired) electrons. The van der Waals surface area contributed by atoms with Crippen molar-refractivity contribution in [1.82, 2.24) is 15.2 Å². The topological polar surface area (TPSA) is 94.2 Å². The summed E-state index contributed by atoms with van der Waals surface area (Å²) in [6.45, 7) is 3.86. The number of benzene rings is 1. The summed E-state index contributed by atoms with van der Waals surface area (Å²) in [7, 11) is 0. The molecule has 0 saturated heterocycles. The van der Waals surface area contributed by atoms with E-state index in [1.807, 2.05) is 19.1 Å². The number of ether oxygens (including phenoxy) is 1. The summed E-state index contributed by atoms with van der Waals surface area (Å²) in [5.41, 5.74) is 14.5. The second kappa shape index (κ2) is 5.85. The standard InChI is InChI=1S/C15H16ClN5O2/c1-3-23-15(22)12-13(17)21-14(19-18-12)11(8(2)20-21)9-4-6-10(16)7-5-9/h4-7,18-19H,3,17H2,1-2H3. The average molecular weight is 334 g/mol. The lowest BCUT2D eigenvalue weighted by atomic mass is 10.1. The van der Waals surface area contributed by atoms with Crippen LogP contribution in [0.15, 0.2) is 30.0 Å². The second-order valence-corrected chi connectivity index (χ2v) is 5.39. The van der Waals surface area contributed by atoms with Gasteiger partial charge in [0.15, 0.2) is 17.3 Å². The number of anilines is 1. The van der Waals surface area contributed by atoms with Gasteiger partial charge in [-0.05, 0) is 31.5 Å². The maximum absolute atomic E-state index is 11.9. The number of esters is 1. The lowest BCUT2D eigenvalue weighted by Crippen LogP contribution is -2.37. The number of hydrogen-bond donors (Lipinski definition) is 3. The van der Waals surface area contributed by atoms with E-state index in [1.54, 1.807) is 19.1 Å². The second-order valence-electron chi connectivity index (χ2n) is 4.96. The SMILES string of the molecule is CCOC(=O)C1=C(N)n2nc(C)c(-c3ccc(Cl)cc3)c2NN1. The number of nitrogens with two attached hydrogens (primary N) is 1. The molecule has 2 aromatic rings. The molecule has 1 aliphatic heterocycles. The average Bonchev–Trinajstić information content (AvgIpc) is 2.86. The summed E-state index contributed by atoms with van der Waals surface area (Å²) >= 11 is 5.94. The van der Waals surface area contributed by atoms with Crippen LogP contribution >= 0.6 is 11.6 Å². The summed E-state index contributed by atoms with van der Waals surface area (Å²) in [6.07, 6.45) is 0. The molecule has 0 unspecified atom stereocenters. The van der Waals surface area contributed by atoms with Crippen molar-refractivity contribution in [3.05, 3.63) is 40.7 Å². The minimum Gasteiger partial charge on any atom is -0.461 e. The Balaban J connectivity index is 2.08. The maximum Gasteiger partial charge on any atom is 0.360 e. The van der Waals surface area contributed by atoms with Crippen molar-refractivity contribution < 1.29 is 9.53 Å². The van der Waals surface area contributed by atoms with Crippen molar-refractivity contribution in [2.45, 2.75) is 13.8 Å². The van der Waals surface area contributed by atoms with Gasteiger partial charge in [-0.3, -0.25) is 10.9 Å². The van der Waals surface area contributed by atoms with Gasteiger partial charge in [-0.1, -0.05) is 23.7 Å². The molecule has 4 N–H and O–H groups in total. The number of fused-ring (bicyclic) bond motifs is 1. The van der Waals surface area contributed by atoms with Gasteiger partial charge in [0.2, 0.25) is 0 Å². The van der Waals surface area contributed by atoms with Crippen LogP contribution in [0.4, 0.5) is 5.82 Å². The van der Waals surface area contributed by atoms with Crippen LogP contribution < -0.4 is 16.6 Å². The Kier molecular flexibility index (Phi) is 3.87. The van der Waals surface area contributed by atoms with E-state index < -0.39 is 5.97 Å². The third-order valence-corrected chi connectivity index (χ3v) is 3.72. The van der Waals surface area contributed by atoms with Crippen LogP contribution in [0, 0.1) is 6.92 Å². The zero-order chi connectivity index (χ0) is 16.6. The molecule has 23 heavy (non-hydrogen) atoms. The van der Waals surface area contributed by atoms with E-state index in [0.29, 0.717) is 10.8 Å². The lowest BCUT2D eigenvalue weighted by Gasteiger charge is -2.22. The molecule has 0 atom stereocenters. The summed E-state index contributed by atoms with van der Waals surface area (Å²) in [4.78, 5) is 11.9. The van der Waals surface area contributed by atoms with Gasteiger partial charge in [-0.2, -0.15) is 9.78 Å². The van der Waals surface area contributed by atoms with Gasteiger partial charge in [-0.15, -0.1) is 0 Å². The molecule has 1 aromatic heterocycles. The zero-order valence-electron chi connectivity index (χ0n) is 12.7. The number of aryl methyl sites for hydroxylation is 1. The van der Waals surface area contributed by atoms with Crippen molar-refractivity contribution >= 4 is 29.2 Å². The van der Waals surface area contributed by atoms with Crippen LogP contribution in [-0.2, 0) is 9.53 Å². The molecular weight excluding hydrogens is 318 g/mol. The fraction of sp³-hybridized carbons (Fsp3) is 0.200. The maximum atomic E-state index is 11.9. The molecule has 1 aliphatic rings. The van der Waals surface area contributed by atoms with Crippen molar-refractivity contribution in [1.29, 1.82) is 0 Å². The Hall–Kier alpha value is -2.67. The minimum absolute atomic E-state index is 0.129. The quantitative estimate of drug-likeness (QED) is 0.745. The molecule has 2 heterocycles. The van der Waals surface area contributed by atoms with Crippen LogP contribution in [-0.4, -0.2) is 22.4 Å². The molecule has 0 amide bonds. The highest BCUT2D eigenvalue weighted by atomic mass is 35.5.